The summed E-state index contributed by atoms with van der Waals surface area (Å²) in [6.45, 7) is 0. The van der Waals surface area contributed by atoms with Crippen molar-refractivity contribution < 1.29 is 18.4 Å². The predicted molar refractivity (Wildman–Crippen MR) is 356 cm³/mol. The molecule has 2 bridgehead atoms. The first-order valence-corrected chi connectivity index (χ1v) is 29.4. The van der Waals surface area contributed by atoms with Crippen LogP contribution in [0.5, 0.6) is 0 Å². The third-order valence-corrected chi connectivity index (χ3v) is 18.6. The van der Waals surface area contributed by atoms with Gasteiger partial charge in [-0.1, -0.05) is 267 Å². The van der Waals surface area contributed by atoms with Crippen LogP contribution >= 0.6 is 0 Å². The second kappa shape index (κ2) is 18.7. The highest BCUT2D eigenvalue weighted by atomic mass is 16.3. The maximum Gasteiger partial charge on any atom is 0.210 e. The summed E-state index contributed by atoms with van der Waals surface area (Å²) in [5, 5.41) is 19.5. The van der Waals surface area contributed by atoms with E-state index in [2.05, 4.69) is 231 Å². The second-order valence-corrected chi connectivity index (χ2v) is 23.1. The molecule has 400 valence electrons. The van der Waals surface area contributed by atoms with Gasteiger partial charge in [0.1, 0.15) is 22.3 Å². The van der Waals surface area contributed by atoms with Gasteiger partial charge in [0.25, 0.3) is 0 Å². The van der Waals surface area contributed by atoms with Crippen molar-refractivity contribution in [1.29, 1.82) is 0 Å². The number of hydrogen-bond acceptors (Lipinski definition) is 4. The second-order valence-electron chi connectivity index (χ2n) is 23.1. The molecule has 86 heavy (non-hydrogen) atoms. The lowest BCUT2D eigenvalue weighted by molar-refractivity contribution is -0.139. The van der Waals surface area contributed by atoms with Crippen LogP contribution < -0.4 is 0 Å². The van der Waals surface area contributed by atoms with E-state index >= 15 is 0 Å². The maximum absolute atomic E-state index is 12.8. The Bertz CT molecular complexity index is 5740. The van der Waals surface area contributed by atoms with Crippen molar-refractivity contribution in [2.24, 2.45) is 11.8 Å². The minimum absolute atomic E-state index is 0.297. The molecule has 4 nitrogen and oxygen atoms in total. The highest BCUT2D eigenvalue weighted by Crippen LogP contribution is 2.47. The van der Waals surface area contributed by atoms with Gasteiger partial charge in [0, 0.05) is 32.7 Å². The number of furan rings is 2. The summed E-state index contributed by atoms with van der Waals surface area (Å²) in [5.41, 5.74) is 17.5. The summed E-state index contributed by atoms with van der Waals surface area (Å²) in [6, 6.07) is 93.3. The van der Waals surface area contributed by atoms with E-state index in [1.807, 2.05) is 48.6 Å². The maximum atomic E-state index is 12.8. The third-order valence-electron chi connectivity index (χ3n) is 18.6. The van der Waals surface area contributed by atoms with E-state index in [1.54, 1.807) is 0 Å². The molecule has 2 aromatic heterocycles. The molecule has 2 heterocycles. The van der Waals surface area contributed by atoms with Gasteiger partial charge in [0.2, 0.25) is 11.6 Å². The van der Waals surface area contributed by atoms with Crippen molar-refractivity contribution in [3.8, 4) is 55.6 Å². The molecule has 0 spiro atoms. The van der Waals surface area contributed by atoms with Gasteiger partial charge in [0.05, 0.1) is 11.8 Å². The standard InChI is InChI=1S/C42H24O3.C40H24O/c43-40-27-16-21-34(41(40)44)36(22-27)30-18-13-26-14-19-32-28(17-12-25-15-20-33(30)39(26)38(25)32)23-8-10-24(11-9-23)29-5-3-6-35-31-4-1-2-7-37(31)45-42(29)35;1-2-7-25(8-3-1)30-21-17-28-20-24-35-31(22-18-29-19-23-34(30)38(28)39(29)35)26-13-15-27(16-14-26)32-10-6-11-36-33-9-4-5-12-37(33)41-40(32)36/h1-22,27,34H;1-24H. The number of carbonyl (C=O) groups excluding carboxylic acids is 2. The van der Waals surface area contributed by atoms with E-state index < -0.39 is 11.8 Å². The van der Waals surface area contributed by atoms with E-state index in [-0.39, 0.29) is 11.6 Å². The number of hydrogen-bond donors (Lipinski definition) is 0. The van der Waals surface area contributed by atoms with Crippen LogP contribution in [0.3, 0.4) is 0 Å². The van der Waals surface area contributed by atoms with Crippen LogP contribution in [0.25, 0.3) is 170 Å². The van der Waals surface area contributed by atoms with Crippen LogP contribution in [0.4, 0.5) is 0 Å². The van der Waals surface area contributed by atoms with Gasteiger partial charge in [0.15, 0.2) is 0 Å². The summed E-state index contributed by atoms with van der Waals surface area (Å²) >= 11 is 0. The molecule has 20 rings (SSSR count). The molecule has 0 saturated heterocycles. The Morgan fingerprint density at radius 2 is 0.616 bits per heavy atom. The van der Waals surface area contributed by atoms with Gasteiger partial charge in [-0.2, -0.15) is 0 Å². The Morgan fingerprint density at radius 1 is 0.256 bits per heavy atom. The lowest BCUT2D eigenvalue weighted by Gasteiger charge is -2.29. The first-order valence-electron chi connectivity index (χ1n) is 29.4. The summed E-state index contributed by atoms with van der Waals surface area (Å²) in [7, 11) is 0. The van der Waals surface area contributed by atoms with Gasteiger partial charge < -0.3 is 8.83 Å². The molecule has 17 aromatic rings. The largest absolute Gasteiger partial charge is 0.455 e. The fourth-order valence-electron chi connectivity index (χ4n) is 14.5. The van der Waals surface area contributed by atoms with Crippen LogP contribution in [0.15, 0.2) is 288 Å². The van der Waals surface area contributed by atoms with Crippen molar-refractivity contribution in [3.05, 3.63) is 285 Å². The summed E-state index contributed by atoms with van der Waals surface area (Å²) in [5.74, 6) is -1.55. The SMILES string of the molecule is O=C1C(=O)C2C=CC1C=C2c1ccc2ccc3c(-c4ccc(-c5cccc6c5oc5ccccc56)cc4)ccc4ccc1c2c43.c1ccc(-c2ccc3ccc4c(-c5ccc(-c6cccc7c6oc6ccccc67)cc5)ccc5ccc2c3c54)cc1. The number of fused-ring (bicyclic) bond motifs is 7. The van der Waals surface area contributed by atoms with Crippen molar-refractivity contribution in [1.82, 2.24) is 0 Å². The van der Waals surface area contributed by atoms with E-state index in [0.717, 1.165) is 93.6 Å². The number of benzene rings is 15. The van der Waals surface area contributed by atoms with Gasteiger partial charge in [-0.15, -0.1) is 0 Å². The van der Waals surface area contributed by atoms with Gasteiger partial charge in [-0.05, 0) is 132 Å². The summed E-state index contributed by atoms with van der Waals surface area (Å²) in [4.78, 5) is 25.2. The normalized spacial score (nSPS) is 15.0. The van der Waals surface area contributed by atoms with E-state index in [0.29, 0.717) is 0 Å². The van der Waals surface area contributed by atoms with Crippen LogP contribution in [0, 0.1) is 11.8 Å². The molecule has 3 aliphatic rings. The fraction of sp³-hybridized carbons (Fsp3) is 0.0244. The number of Topliss-reactive ketones (excluding diaryl/α,β-unsaturated/α-hetero) is 2. The van der Waals surface area contributed by atoms with Crippen molar-refractivity contribution in [2.75, 3.05) is 0 Å². The average Bonchev–Trinajstić information content (AvgIpc) is 1.26. The zero-order valence-electron chi connectivity index (χ0n) is 46.3. The molecular weight excluding hydrogens is 1050 g/mol. The van der Waals surface area contributed by atoms with Crippen molar-refractivity contribution in [3.63, 3.8) is 0 Å². The Labute approximate surface area is 493 Å². The number of para-hydroxylation sites is 4. The summed E-state index contributed by atoms with van der Waals surface area (Å²) in [6.07, 6.45) is 5.75. The summed E-state index contributed by atoms with van der Waals surface area (Å²) < 4.78 is 12.6. The Balaban J connectivity index is 0.000000130. The number of rotatable bonds is 6. The topological polar surface area (TPSA) is 60.4 Å². The molecule has 0 amide bonds. The molecule has 0 N–H and O–H groups in total. The first-order chi connectivity index (χ1) is 42.5. The van der Waals surface area contributed by atoms with Crippen LogP contribution in [0.1, 0.15) is 5.56 Å². The Morgan fingerprint density at radius 3 is 1.06 bits per heavy atom. The lowest BCUT2D eigenvalue weighted by atomic mass is 9.72. The van der Waals surface area contributed by atoms with Gasteiger partial charge >= 0.3 is 0 Å². The Kier molecular flexibility index (Phi) is 10.5. The van der Waals surface area contributed by atoms with E-state index in [1.165, 1.54) is 81.7 Å². The Hall–Kier alpha value is -11.2. The molecule has 3 aliphatic carbocycles. The molecule has 0 saturated carbocycles. The number of carbonyl (C=O) groups is 2. The minimum atomic E-state index is -0.500. The van der Waals surface area contributed by atoms with E-state index in [4.69, 9.17) is 8.83 Å². The van der Waals surface area contributed by atoms with Crippen LogP contribution in [-0.2, 0) is 9.59 Å². The highest BCUT2D eigenvalue weighted by Gasteiger charge is 2.40. The molecule has 0 radical (unpaired) electrons. The highest BCUT2D eigenvalue weighted by molar-refractivity contribution is 6.44. The smallest absolute Gasteiger partial charge is 0.210 e. The van der Waals surface area contributed by atoms with Crippen molar-refractivity contribution >= 4 is 126 Å². The third kappa shape index (κ3) is 7.23. The van der Waals surface area contributed by atoms with E-state index in [9.17, 15) is 9.59 Å². The molecule has 0 aliphatic heterocycles. The van der Waals surface area contributed by atoms with Crippen LogP contribution in [-0.4, -0.2) is 11.6 Å². The number of allylic oxidation sites excluding steroid dienone is 4. The molecule has 4 heteroatoms. The molecular formula is C82H48O4. The van der Waals surface area contributed by atoms with Crippen LogP contribution in [0.2, 0.25) is 0 Å². The zero-order valence-corrected chi connectivity index (χ0v) is 46.3. The zero-order chi connectivity index (χ0) is 56.7. The minimum Gasteiger partial charge on any atom is -0.455 e. The number of ketones is 2. The van der Waals surface area contributed by atoms with Gasteiger partial charge in [-0.3, -0.25) is 9.59 Å². The predicted octanol–water partition coefficient (Wildman–Crippen LogP) is 21.6. The lowest BCUT2D eigenvalue weighted by Crippen LogP contribution is -2.36. The van der Waals surface area contributed by atoms with Crippen molar-refractivity contribution in [2.45, 2.75) is 0 Å². The quantitative estimate of drug-likeness (QED) is 0.0946. The molecule has 0 fully saturated rings. The fourth-order valence-corrected chi connectivity index (χ4v) is 14.5. The average molecular weight is 1100 g/mol. The molecule has 2 atom stereocenters. The molecule has 2 unspecified atom stereocenters. The van der Waals surface area contributed by atoms with Gasteiger partial charge in [-0.25, -0.2) is 0 Å². The molecule has 15 aromatic carbocycles. The monoisotopic (exact) mass is 1100 g/mol. The first kappa shape index (κ1) is 48.3.